The molecule has 0 aromatic heterocycles. The monoisotopic (exact) mass is 395 g/mol. The van der Waals surface area contributed by atoms with E-state index in [9.17, 15) is 18.4 Å². The summed E-state index contributed by atoms with van der Waals surface area (Å²) in [5.41, 5.74) is 3.12. The maximum atomic E-state index is 13.6. The van der Waals surface area contributed by atoms with Gasteiger partial charge in [-0.2, -0.15) is 0 Å². The van der Waals surface area contributed by atoms with Gasteiger partial charge in [-0.1, -0.05) is 48.5 Å². The zero-order valence-corrected chi connectivity index (χ0v) is 15.0. The predicted molar refractivity (Wildman–Crippen MR) is 102 cm³/mol. The minimum Gasteiger partial charge on any atom is -0.478 e. The van der Waals surface area contributed by atoms with Crippen molar-refractivity contribution in [3.63, 3.8) is 0 Å². The highest BCUT2D eigenvalue weighted by Gasteiger charge is 2.29. The van der Waals surface area contributed by atoms with Crippen LogP contribution in [0, 0.1) is 11.6 Å². The van der Waals surface area contributed by atoms with E-state index < -0.39 is 29.3 Å². The summed E-state index contributed by atoms with van der Waals surface area (Å²) in [5.74, 6) is -4.67. The number of carbonyl (C=O) groups excluding carboxylic acids is 1. The first-order valence-corrected chi connectivity index (χ1v) is 8.80. The minimum atomic E-state index is -1.64. The van der Waals surface area contributed by atoms with Gasteiger partial charge in [0.15, 0.2) is 11.6 Å². The highest BCUT2D eigenvalue weighted by atomic mass is 19.2. The number of amides is 1. The smallest absolute Gasteiger partial charge is 0.411 e. The molecule has 0 saturated carbocycles. The molecule has 0 atom stereocenters. The topological polar surface area (TPSA) is 75.6 Å². The Morgan fingerprint density at radius 3 is 2.14 bits per heavy atom. The SMILES string of the molecule is O=C(Nc1cc(F)c(F)c(C(=O)O)c1)OCC1c2ccccc2-c2ccccc21. The molecule has 0 heterocycles. The number of carboxylic acid groups (broad SMARTS) is 1. The molecule has 0 spiro atoms. The molecule has 7 heteroatoms. The number of halogens is 2. The van der Waals surface area contributed by atoms with Gasteiger partial charge < -0.3 is 9.84 Å². The van der Waals surface area contributed by atoms with Gasteiger partial charge in [0.05, 0.1) is 0 Å². The van der Waals surface area contributed by atoms with Crippen LogP contribution in [-0.4, -0.2) is 23.8 Å². The van der Waals surface area contributed by atoms with Crippen LogP contribution in [0.25, 0.3) is 11.1 Å². The van der Waals surface area contributed by atoms with Crippen molar-refractivity contribution in [3.8, 4) is 11.1 Å². The summed E-state index contributed by atoms with van der Waals surface area (Å²) in [6.07, 6.45) is -0.894. The summed E-state index contributed by atoms with van der Waals surface area (Å²) in [4.78, 5) is 23.2. The summed E-state index contributed by atoms with van der Waals surface area (Å²) in [6, 6.07) is 17.2. The molecule has 3 aromatic rings. The zero-order chi connectivity index (χ0) is 20.5. The quantitative estimate of drug-likeness (QED) is 0.650. The number of aromatic carboxylic acids is 1. The molecule has 0 fully saturated rings. The Morgan fingerprint density at radius 2 is 1.55 bits per heavy atom. The molecule has 2 N–H and O–H groups in total. The fourth-order valence-electron chi connectivity index (χ4n) is 3.57. The molecule has 146 valence electrons. The summed E-state index contributed by atoms with van der Waals surface area (Å²) in [6.45, 7) is 0.0370. The van der Waals surface area contributed by atoms with Crippen LogP contribution in [-0.2, 0) is 4.74 Å². The third kappa shape index (κ3) is 3.42. The lowest BCUT2D eigenvalue weighted by Crippen LogP contribution is -2.18. The lowest BCUT2D eigenvalue weighted by atomic mass is 9.98. The Balaban J connectivity index is 1.51. The summed E-state index contributed by atoms with van der Waals surface area (Å²) in [5, 5.41) is 11.2. The summed E-state index contributed by atoms with van der Waals surface area (Å²) < 4.78 is 32.4. The molecule has 0 bridgehead atoms. The molecule has 0 saturated heterocycles. The van der Waals surface area contributed by atoms with E-state index in [0.717, 1.165) is 28.3 Å². The van der Waals surface area contributed by atoms with Gasteiger partial charge in [-0.3, -0.25) is 5.32 Å². The number of hydrogen-bond donors (Lipinski definition) is 2. The molecule has 0 unspecified atom stereocenters. The van der Waals surface area contributed by atoms with E-state index >= 15 is 0 Å². The van der Waals surface area contributed by atoms with Gasteiger partial charge in [0.1, 0.15) is 12.2 Å². The van der Waals surface area contributed by atoms with E-state index in [1.165, 1.54) is 0 Å². The van der Waals surface area contributed by atoms with Gasteiger partial charge in [0.2, 0.25) is 0 Å². The molecule has 1 aliphatic rings. The number of hydrogen-bond acceptors (Lipinski definition) is 3. The van der Waals surface area contributed by atoms with Crippen LogP contribution in [0.4, 0.5) is 19.3 Å². The molecule has 5 nitrogen and oxygen atoms in total. The molecule has 0 radical (unpaired) electrons. The molecule has 1 aliphatic carbocycles. The van der Waals surface area contributed by atoms with Crippen molar-refractivity contribution >= 4 is 17.7 Å². The Bertz CT molecular complexity index is 1080. The first kappa shape index (κ1) is 18.6. The lowest BCUT2D eigenvalue weighted by Gasteiger charge is -2.15. The van der Waals surface area contributed by atoms with E-state index in [1.54, 1.807) is 0 Å². The molecule has 3 aromatic carbocycles. The maximum absolute atomic E-state index is 13.6. The van der Waals surface area contributed by atoms with Gasteiger partial charge in [-0.15, -0.1) is 0 Å². The van der Waals surface area contributed by atoms with Crippen molar-refractivity contribution < 1.29 is 28.2 Å². The molecule has 0 aliphatic heterocycles. The highest BCUT2D eigenvalue weighted by Crippen LogP contribution is 2.44. The van der Waals surface area contributed by atoms with E-state index in [1.807, 2.05) is 48.5 Å². The van der Waals surface area contributed by atoms with Crippen molar-refractivity contribution in [3.05, 3.63) is 89.0 Å². The average molecular weight is 395 g/mol. The second-order valence-corrected chi connectivity index (χ2v) is 6.58. The Kier molecular flexibility index (Phi) is 4.72. The van der Waals surface area contributed by atoms with Crippen LogP contribution >= 0.6 is 0 Å². The fourth-order valence-corrected chi connectivity index (χ4v) is 3.57. The number of carbonyl (C=O) groups is 2. The number of fused-ring (bicyclic) bond motifs is 3. The second-order valence-electron chi connectivity index (χ2n) is 6.58. The fraction of sp³-hybridized carbons (Fsp3) is 0.0909. The van der Waals surface area contributed by atoms with Crippen LogP contribution in [0.2, 0.25) is 0 Å². The van der Waals surface area contributed by atoms with Gasteiger partial charge in [-0.05, 0) is 28.3 Å². The Labute approximate surface area is 164 Å². The Hall–Kier alpha value is -3.74. The minimum absolute atomic E-state index is 0.0370. The number of rotatable bonds is 4. The molecular formula is C22H15F2NO4. The molecule has 29 heavy (non-hydrogen) atoms. The van der Waals surface area contributed by atoms with Gasteiger partial charge >= 0.3 is 12.1 Å². The number of carboxylic acids is 1. The van der Waals surface area contributed by atoms with Crippen LogP contribution < -0.4 is 5.32 Å². The number of ether oxygens (including phenoxy) is 1. The third-order valence-corrected chi connectivity index (χ3v) is 4.85. The molecule has 1 amide bonds. The van der Waals surface area contributed by atoms with Gasteiger partial charge in [-0.25, -0.2) is 18.4 Å². The van der Waals surface area contributed by atoms with Crippen molar-refractivity contribution in [1.82, 2.24) is 0 Å². The number of anilines is 1. The first-order chi connectivity index (χ1) is 14.0. The van der Waals surface area contributed by atoms with Crippen molar-refractivity contribution in [2.24, 2.45) is 0 Å². The van der Waals surface area contributed by atoms with Crippen molar-refractivity contribution in [1.29, 1.82) is 0 Å². The van der Waals surface area contributed by atoms with Crippen LogP contribution in [0.3, 0.4) is 0 Å². The molecule has 4 rings (SSSR count). The van der Waals surface area contributed by atoms with E-state index in [0.29, 0.717) is 6.07 Å². The summed E-state index contributed by atoms with van der Waals surface area (Å²) >= 11 is 0. The van der Waals surface area contributed by atoms with Gasteiger partial charge in [0, 0.05) is 17.7 Å². The second kappa shape index (κ2) is 7.35. The van der Waals surface area contributed by atoms with Crippen LogP contribution in [0.15, 0.2) is 60.7 Å². The average Bonchev–Trinajstić information content (AvgIpc) is 3.03. The van der Waals surface area contributed by atoms with Crippen molar-refractivity contribution in [2.75, 3.05) is 11.9 Å². The first-order valence-electron chi connectivity index (χ1n) is 8.80. The third-order valence-electron chi connectivity index (χ3n) is 4.85. The van der Waals surface area contributed by atoms with Gasteiger partial charge in [0.25, 0.3) is 0 Å². The normalized spacial score (nSPS) is 12.2. The maximum Gasteiger partial charge on any atom is 0.411 e. The predicted octanol–water partition coefficient (Wildman–Crippen LogP) is 5.02. The number of benzene rings is 3. The van der Waals surface area contributed by atoms with Crippen LogP contribution in [0.5, 0.6) is 0 Å². The highest BCUT2D eigenvalue weighted by molar-refractivity contribution is 5.91. The van der Waals surface area contributed by atoms with E-state index in [4.69, 9.17) is 9.84 Å². The largest absolute Gasteiger partial charge is 0.478 e. The van der Waals surface area contributed by atoms with Crippen LogP contribution in [0.1, 0.15) is 27.4 Å². The number of nitrogens with one attached hydrogen (secondary N) is 1. The van der Waals surface area contributed by atoms with E-state index in [2.05, 4.69) is 5.32 Å². The van der Waals surface area contributed by atoms with Crippen molar-refractivity contribution in [2.45, 2.75) is 5.92 Å². The standard InChI is InChI=1S/C22H15F2NO4/c23-19-10-12(9-17(20(19)24)21(26)27)25-22(28)29-11-18-15-7-3-1-5-13(15)14-6-2-4-8-16(14)18/h1-10,18H,11H2,(H,25,28)(H,26,27). The van der Waals surface area contributed by atoms with E-state index in [-0.39, 0.29) is 18.2 Å². The molecular weight excluding hydrogens is 380 g/mol. The zero-order valence-electron chi connectivity index (χ0n) is 15.0. The summed E-state index contributed by atoms with van der Waals surface area (Å²) in [7, 11) is 0. The lowest BCUT2D eigenvalue weighted by molar-refractivity contribution is 0.0690. The Morgan fingerprint density at radius 1 is 0.966 bits per heavy atom.